The van der Waals surface area contributed by atoms with E-state index in [1.165, 1.54) is 18.3 Å². The standard InChI is InChI=1S/C21H14BrN3O4/c1-12-2-7-19-18(8-12)24-21(29-19)13-3-5-15(6-4-13)23-11-14-9-16(25(27)28)10-17(22)20(14)26/h2-11,26H,1H3. The molecule has 1 N–H and O–H groups in total. The third kappa shape index (κ3) is 3.88. The van der Waals surface area contributed by atoms with Gasteiger partial charge in [0.2, 0.25) is 5.89 Å². The molecular formula is C21H14BrN3O4. The minimum absolute atomic E-state index is 0.113. The molecule has 0 amide bonds. The molecule has 0 saturated heterocycles. The van der Waals surface area contributed by atoms with E-state index in [-0.39, 0.29) is 21.5 Å². The van der Waals surface area contributed by atoms with Crippen LogP contribution in [0, 0.1) is 17.0 Å². The molecule has 0 aliphatic rings. The number of non-ortho nitro benzene ring substituents is 1. The Labute approximate surface area is 173 Å². The number of oxazole rings is 1. The molecule has 0 saturated carbocycles. The van der Waals surface area contributed by atoms with Crippen LogP contribution in [0.3, 0.4) is 0 Å². The second-order valence-corrected chi connectivity index (χ2v) is 7.27. The van der Waals surface area contributed by atoms with Gasteiger partial charge in [0.25, 0.3) is 5.69 Å². The highest BCUT2D eigenvalue weighted by molar-refractivity contribution is 9.10. The van der Waals surface area contributed by atoms with Gasteiger partial charge >= 0.3 is 0 Å². The van der Waals surface area contributed by atoms with E-state index in [0.29, 0.717) is 11.6 Å². The Morgan fingerprint density at radius 2 is 1.93 bits per heavy atom. The maximum Gasteiger partial charge on any atom is 0.271 e. The van der Waals surface area contributed by atoms with E-state index in [9.17, 15) is 15.2 Å². The number of aromatic nitrogens is 1. The number of rotatable bonds is 4. The number of fused-ring (bicyclic) bond motifs is 1. The van der Waals surface area contributed by atoms with Crippen LogP contribution in [0.4, 0.5) is 11.4 Å². The molecule has 1 aromatic heterocycles. The van der Waals surface area contributed by atoms with Crippen molar-refractivity contribution in [2.45, 2.75) is 6.92 Å². The fourth-order valence-corrected chi connectivity index (χ4v) is 3.27. The normalized spacial score (nSPS) is 11.4. The smallest absolute Gasteiger partial charge is 0.271 e. The summed E-state index contributed by atoms with van der Waals surface area (Å²) < 4.78 is 6.02. The molecule has 0 aliphatic heterocycles. The summed E-state index contributed by atoms with van der Waals surface area (Å²) in [5.41, 5.74) is 4.15. The molecule has 0 radical (unpaired) electrons. The van der Waals surface area contributed by atoms with Crippen molar-refractivity contribution in [3.05, 3.63) is 80.3 Å². The van der Waals surface area contributed by atoms with Gasteiger partial charge in [-0.2, -0.15) is 0 Å². The van der Waals surface area contributed by atoms with Crippen LogP contribution in [-0.4, -0.2) is 21.2 Å². The lowest BCUT2D eigenvalue weighted by Gasteiger charge is -2.02. The highest BCUT2D eigenvalue weighted by Gasteiger charge is 2.13. The Morgan fingerprint density at radius 3 is 2.66 bits per heavy atom. The quantitative estimate of drug-likeness (QED) is 0.235. The maximum absolute atomic E-state index is 11.0. The number of phenols is 1. The van der Waals surface area contributed by atoms with Crippen LogP contribution in [-0.2, 0) is 0 Å². The molecule has 0 unspecified atom stereocenters. The van der Waals surface area contributed by atoms with Crippen molar-refractivity contribution in [1.82, 2.24) is 4.98 Å². The second-order valence-electron chi connectivity index (χ2n) is 6.42. The van der Waals surface area contributed by atoms with Crippen LogP contribution in [0.2, 0.25) is 0 Å². The Morgan fingerprint density at radius 1 is 1.17 bits per heavy atom. The number of phenolic OH excluding ortho intramolecular Hbond substituents is 1. The van der Waals surface area contributed by atoms with Crippen LogP contribution < -0.4 is 0 Å². The summed E-state index contributed by atoms with van der Waals surface area (Å²) >= 11 is 3.11. The number of nitrogens with zero attached hydrogens (tertiary/aromatic N) is 3. The number of nitro groups is 1. The second kappa shape index (κ2) is 7.48. The van der Waals surface area contributed by atoms with E-state index in [1.807, 2.05) is 37.3 Å². The molecule has 0 spiro atoms. The van der Waals surface area contributed by atoms with Gasteiger partial charge in [-0.15, -0.1) is 0 Å². The summed E-state index contributed by atoms with van der Waals surface area (Å²) in [6.07, 6.45) is 1.38. The Bertz CT molecular complexity index is 1260. The number of benzene rings is 3. The van der Waals surface area contributed by atoms with Crippen LogP contribution in [0.15, 0.2) is 68.5 Å². The third-order valence-corrected chi connectivity index (χ3v) is 4.90. The molecule has 8 heteroatoms. The van der Waals surface area contributed by atoms with Gasteiger partial charge in [-0.05, 0) is 64.8 Å². The van der Waals surface area contributed by atoms with Gasteiger partial charge in [0.15, 0.2) is 5.58 Å². The van der Waals surface area contributed by atoms with Crippen molar-refractivity contribution in [1.29, 1.82) is 0 Å². The number of nitro benzene ring substituents is 1. The topological polar surface area (TPSA) is 102 Å². The van der Waals surface area contributed by atoms with Crippen LogP contribution >= 0.6 is 15.9 Å². The molecule has 0 atom stereocenters. The fourth-order valence-electron chi connectivity index (χ4n) is 2.80. The van der Waals surface area contributed by atoms with Crippen molar-refractivity contribution in [2.24, 2.45) is 4.99 Å². The van der Waals surface area contributed by atoms with E-state index in [1.54, 1.807) is 12.1 Å². The zero-order valence-electron chi connectivity index (χ0n) is 15.2. The number of aryl methyl sites for hydroxylation is 1. The van der Waals surface area contributed by atoms with Gasteiger partial charge in [-0.3, -0.25) is 15.1 Å². The van der Waals surface area contributed by atoms with E-state index < -0.39 is 4.92 Å². The molecule has 0 fully saturated rings. The van der Waals surface area contributed by atoms with E-state index in [2.05, 4.69) is 25.9 Å². The minimum Gasteiger partial charge on any atom is -0.506 e. The Balaban J connectivity index is 1.60. The number of hydrogen-bond donors (Lipinski definition) is 1. The van der Waals surface area contributed by atoms with Gasteiger partial charge in [-0.25, -0.2) is 4.98 Å². The first-order valence-corrected chi connectivity index (χ1v) is 9.38. The molecule has 4 aromatic rings. The van der Waals surface area contributed by atoms with Crippen molar-refractivity contribution >= 4 is 44.6 Å². The number of hydrogen-bond acceptors (Lipinski definition) is 6. The summed E-state index contributed by atoms with van der Waals surface area (Å²) in [5, 5.41) is 21.1. The largest absolute Gasteiger partial charge is 0.506 e. The lowest BCUT2D eigenvalue weighted by molar-refractivity contribution is -0.385. The summed E-state index contributed by atoms with van der Waals surface area (Å²) in [6, 6.07) is 15.5. The first kappa shape index (κ1) is 18.8. The lowest BCUT2D eigenvalue weighted by atomic mass is 10.2. The van der Waals surface area contributed by atoms with Crippen LogP contribution in [0.25, 0.3) is 22.6 Å². The summed E-state index contributed by atoms with van der Waals surface area (Å²) in [6.45, 7) is 2.00. The van der Waals surface area contributed by atoms with Gasteiger partial charge in [0.1, 0.15) is 11.3 Å². The monoisotopic (exact) mass is 451 g/mol. The summed E-state index contributed by atoms with van der Waals surface area (Å²) in [7, 11) is 0. The molecule has 7 nitrogen and oxygen atoms in total. The van der Waals surface area contributed by atoms with Crippen molar-refractivity contribution in [3.63, 3.8) is 0 Å². The highest BCUT2D eigenvalue weighted by Crippen LogP contribution is 2.32. The Kier molecular flexibility index (Phi) is 4.85. The molecule has 0 aliphatic carbocycles. The lowest BCUT2D eigenvalue weighted by Crippen LogP contribution is -1.91. The summed E-state index contributed by atoms with van der Waals surface area (Å²) in [4.78, 5) is 19.3. The fraction of sp³-hybridized carbons (Fsp3) is 0.0476. The maximum atomic E-state index is 11.0. The van der Waals surface area contributed by atoms with Crippen LogP contribution in [0.1, 0.15) is 11.1 Å². The first-order chi connectivity index (χ1) is 13.9. The van der Waals surface area contributed by atoms with Gasteiger partial charge < -0.3 is 9.52 Å². The predicted octanol–water partition coefficient (Wildman–Crippen LogP) is 5.93. The van der Waals surface area contributed by atoms with Crippen LogP contribution in [0.5, 0.6) is 5.75 Å². The molecule has 4 rings (SSSR count). The van der Waals surface area contributed by atoms with E-state index in [4.69, 9.17) is 4.42 Å². The van der Waals surface area contributed by atoms with E-state index in [0.717, 1.165) is 22.2 Å². The van der Waals surface area contributed by atoms with Gasteiger partial charge in [0, 0.05) is 29.5 Å². The number of aromatic hydroxyl groups is 1. The number of aliphatic imine (C=N–C) groups is 1. The summed E-state index contributed by atoms with van der Waals surface area (Å²) in [5.74, 6) is 0.402. The van der Waals surface area contributed by atoms with Crippen molar-refractivity contribution in [2.75, 3.05) is 0 Å². The minimum atomic E-state index is -0.530. The molecule has 29 heavy (non-hydrogen) atoms. The first-order valence-electron chi connectivity index (χ1n) is 8.59. The molecule has 144 valence electrons. The van der Waals surface area contributed by atoms with Crippen molar-refractivity contribution in [3.8, 4) is 17.2 Å². The Hall–Kier alpha value is -3.52. The third-order valence-electron chi connectivity index (χ3n) is 4.30. The highest BCUT2D eigenvalue weighted by atomic mass is 79.9. The molecule has 3 aromatic carbocycles. The molecule has 1 heterocycles. The average Bonchev–Trinajstić information content (AvgIpc) is 3.12. The zero-order valence-corrected chi connectivity index (χ0v) is 16.8. The molecule has 0 bridgehead atoms. The molecular weight excluding hydrogens is 438 g/mol. The predicted molar refractivity (Wildman–Crippen MR) is 114 cm³/mol. The van der Waals surface area contributed by atoms with Crippen molar-refractivity contribution < 1.29 is 14.4 Å². The average molecular weight is 452 g/mol. The number of halogens is 1. The zero-order chi connectivity index (χ0) is 20.5. The van der Waals surface area contributed by atoms with Gasteiger partial charge in [-0.1, -0.05) is 6.07 Å². The van der Waals surface area contributed by atoms with E-state index >= 15 is 0 Å². The SMILES string of the molecule is Cc1ccc2oc(-c3ccc(N=Cc4cc([N+](=O)[O-])cc(Br)c4O)cc3)nc2c1. The van der Waals surface area contributed by atoms with Gasteiger partial charge in [0.05, 0.1) is 15.1 Å².